The number of methoxy groups -OCH3 is 2. The summed E-state index contributed by atoms with van der Waals surface area (Å²) in [7, 11) is 3.41. The van der Waals surface area contributed by atoms with Crippen LogP contribution in [0.2, 0.25) is 0 Å². The van der Waals surface area contributed by atoms with Crippen molar-refractivity contribution in [2.45, 2.75) is 12.8 Å². The topological polar surface area (TPSA) is 30.5 Å². The minimum absolute atomic E-state index is 0.588. The van der Waals surface area contributed by atoms with Crippen LogP contribution in [-0.2, 0) is 0 Å². The Morgan fingerprint density at radius 2 is 1.93 bits per heavy atom. The highest BCUT2D eigenvalue weighted by atomic mass is 16.5. The fourth-order valence-corrected chi connectivity index (χ4v) is 2.02. The lowest BCUT2D eigenvalue weighted by molar-refractivity contribution is 0.370. The molecule has 1 fully saturated rings. The lowest BCUT2D eigenvalue weighted by Gasteiger charge is -2.29. The fourth-order valence-electron chi connectivity index (χ4n) is 2.02. The molecule has 1 aliphatic heterocycles. The zero-order valence-electron chi connectivity index (χ0n) is 9.46. The molecule has 0 bridgehead atoms. The molecule has 1 N–H and O–H groups in total. The van der Waals surface area contributed by atoms with Gasteiger partial charge in [0, 0.05) is 30.1 Å². The van der Waals surface area contributed by atoms with Gasteiger partial charge in [-0.25, -0.2) is 0 Å². The third kappa shape index (κ3) is 1.67. The second-order valence-corrected chi connectivity index (χ2v) is 3.87. The lowest BCUT2D eigenvalue weighted by Crippen LogP contribution is -2.40. The first-order valence-corrected chi connectivity index (χ1v) is 5.20. The summed E-state index contributed by atoms with van der Waals surface area (Å²) in [5, 5.41) is 3.27. The molecule has 1 saturated heterocycles. The Morgan fingerprint density at radius 1 is 1.20 bits per heavy atom. The van der Waals surface area contributed by atoms with Gasteiger partial charge in [-0.2, -0.15) is 0 Å². The molecular weight excluding hydrogens is 190 g/mol. The molecule has 3 nitrogen and oxygen atoms in total. The van der Waals surface area contributed by atoms with E-state index in [4.69, 9.17) is 9.47 Å². The zero-order chi connectivity index (χ0) is 10.8. The normalized spacial score (nSPS) is 15.9. The van der Waals surface area contributed by atoms with E-state index in [2.05, 4.69) is 11.4 Å². The summed E-state index contributed by atoms with van der Waals surface area (Å²) in [6.45, 7) is 4.12. The van der Waals surface area contributed by atoms with E-state index in [0.29, 0.717) is 5.92 Å². The molecule has 1 heterocycles. The van der Waals surface area contributed by atoms with Crippen molar-refractivity contribution >= 4 is 0 Å². The van der Waals surface area contributed by atoms with Crippen LogP contribution < -0.4 is 14.8 Å². The van der Waals surface area contributed by atoms with Gasteiger partial charge in [0.15, 0.2) is 0 Å². The summed E-state index contributed by atoms with van der Waals surface area (Å²) in [5.74, 6) is 2.45. The van der Waals surface area contributed by atoms with Crippen molar-refractivity contribution < 1.29 is 9.47 Å². The third-order valence-corrected chi connectivity index (χ3v) is 3.03. The van der Waals surface area contributed by atoms with Crippen LogP contribution in [0.4, 0.5) is 0 Å². The maximum atomic E-state index is 5.47. The summed E-state index contributed by atoms with van der Waals surface area (Å²) >= 11 is 0. The number of ether oxygens (including phenoxy) is 2. The summed E-state index contributed by atoms with van der Waals surface area (Å²) in [6, 6.07) is 4.13. The van der Waals surface area contributed by atoms with Gasteiger partial charge in [-0.3, -0.25) is 0 Å². The van der Waals surface area contributed by atoms with Crippen LogP contribution in [-0.4, -0.2) is 27.3 Å². The highest BCUT2D eigenvalue weighted by Gasteiger charge is 2.24. The van der Waals surface area contributed by atoms with Crippen LogP contribution in [0.1, 0.15) is 17.0 Å². The van der Waals surface area contributed by atoms with Crippen LogP contribution in [0.5, 0.6) is 11.5 Å². The van der Waals surface area contributed by atoms with E-state index in [1.165, 1.54) is 5.56 Å². The van der Waals surface area contributed by atoms with Crippen LogP contribution in [0.3, 0.4) is 0 Å². The van der Waals surface area contributed by atoms with Crippen molar-refractivity contribution in [1.29, 1.82) is 0 Å². The molecular formula is C12H17NO2. The Morgan fingerprint density at radius 3 is 2.40 bits per heavy atom. The van der Waals surface area contributed by atoms with Gasteiger partial charge in [-0.05, 0) is 13.0 Å². The van der Waals surface area contributed by atoms with Crippen LogP contribution in [0.15, 0.2) is 12.1 Å². The molecule has 3 heteroatoms. The van der Waals surface area contributed by atoms with Gasteiger partial charge < -0.3 is 14.8 Å². The largest absolute Gasteiger partial charge is 0.496 e. The van der Waals surface area contributed by atoms with Crippen molar-refractivity contribution in [2.75, 3.05) is 27.3 Å². The van der Waals surface area contributed by atoms with E-state index in [-0.39, 0.29) is 0 Å². The van der Waals surface area contributed by atoms with Crippen LogP contribution >= 0.6 is 0 Å². The third-order valence-electron chi connectivity index (χ3n) is 3.03. The number of hydrogen-bond acceptors (Lipinski definition) is 3. The van der Waals surface area contributed by atoms with Gasteiger partial charge in [0.2, 0.25) is 0 Å². The molecule has 0 amide bonds. The van der Waals surface area contributed by atoms with Crippen molar-refractivity contribution in [2.24, 2.45) is 0 Å². The maximum absolute atomic E-state index is 5.47. The quantitative estimate of drug-likeness (QED) is 0.818. The molecule has 0 saturated carbocycles. The molecule has 0 unspecified atom stereocenters. The van der Waals surface area contributed by atoms with Gasteiger partial charge in [-0.1, -0.05) is 6.07 Å². The Labute approximate surface area is 90.4 Å². The first kappa shape index (κ1) is 10.3. The fraction of sp³-hybridized carbons (Fsp3) is 0.500. The highest BCUT2D eigenvalue weighted by molar-refractivity contribution is 5.51. The van der Waals surface area contributed by atoms with E-state index in [1.807, 2.05) is 13.0 Å². The predicted molar refractivity (Wildman–Crippen MR) is 59.9 cm³/mol. The smallest absolute Gasteiger partial charge is 0.129 e. The second kappa shape index (κ2) is 4.11. The molecule has 0 spiro atoms. The van der Waals surface area contributed by atoms with E-state index in [1.54, 1.807) is 14.2 Å². The summed E-state index contributed by atoms with van der Waals surface area (Å²) in [6.07, 6.45) is 0. The predicted octanol–water partition coefficient (Wildman–Crippen LogP) is 1.70. The summed E-state index contributed by atoms with van der Waals surface area (Å²) in [5.41, 5.74) is 2.37. The first-order chi connectivity index (χ1) is 7.27. The van der Waals surface area contributed by atoms with E-state index < -0.39 is 0 Å². The van der Waals surface area contributed by atoms with Crippen LogP contribution in [0, 0.1) is 6.92 Å². The Kier molecular flexibility index (Phi) is 2.82. The zero-order valence-corrected chi connectivity index (χ0v) is 9.46. The van der Waals surface area contributed by atoms with Crippen LogP contribution in [0.25, 0.3) is 0 Å². The molecule has 0 aliphatic carbocycles. The molecule has 1 aromatic carbocycles. The second-order valence-electron chi connectivity index (χ2n) is 3.87. The molecule has 82 valence electrons. The summed E-state index contributed by atoms with van der Waals surface area (Å²) in [4.78, 5) is 0. The molecule has 0 radical (unpaired) electrons. The number of benzene rings is 1. The minimum atomic E-state index is 0.588. The molecule has 0 atom stereocenters. The molecule has 15 heavy (non-hydrogen) atoms. The average molecular weight is 207 g/mol. The number of rotatable bonds is 3. The molecule has 1 aromatic rings. The lowest BCUT2D eigenvalue weighted by atomic mass is 9.91. The summed E-state index contributed by atoms with van der Waals surface area (Å²) < 4.78 is 10.7. The van der Waals surface area contributed by atoms with Gasteiger partial charge in [0.25, 0.3) is 0 Å². The highest BCUT2D eigenvalue weighted by Crippen LogP contribution is 2.36. The Bertz CT molecular complexity index is 359. The van der Waals surface area contributed by atoms with Gasteiger partial charge in [0.05, 0.1) is 14.2 Å². The van der Waals surface area contributed by atoms with E-state index >= 15 is 0 Å². The molecule has 2 rings (SSSR count). The average Bonchev–Trinajstić information content (AvgIpc) is 2.16. The number of nitrogens with one attached hydrogen (secondary N) is 1. The van der Waals surface area contributed by atoms with Crippen molar-refractivity contribution in [1.82, 2.24) is 5.32 Å². The van der Waals surface area contributed by atoms with Crippen molar-refractivity contribution in [3.05, 3.63) is 23.3 Å². The van der Waals surface area contributed by atoms with Crippen molar-refractivity contribution in [3.8, 4) is 11.5 Å². The first-order valence-electron chi connectivity index (χ1n) is 5.20. The minimum Gasteiger partial charge on any atom is -0.496 e. The standard InChI is InChI=1S/C12H17NO2/c1-8-11(14-2)5-4-10(12(8)15-3)9-6-13-7-9/h4-5,9,13H,6-7H2,1-3H3. The monoisotopic (exact) mass is 207 g/mol. The Balaban J connectivity index is 2.41. The van der Waals surface area contributed by atoms with Gasteiger partial charge in [0.1, 0.15) is 11.5 Å². The van der Waals surface area contributed by atoms with E-state index in [0.717, 1.165) is 30.2 Å². The molecule has 1 aliphatic rings. The van der Waals surface area contributed by atoms with Gasteiger partial charge >= 0.3 is 0 Å². The number of hydrogen-bond donors (Lipinski definition) is 1. The SMILES string of the molecule is COc1ccc(C2CNC2)c(OC)c1C. The van der Waals surface area contributed by atoms with Gasteiger partial charge in [-0.15, -0.1) is 0 Å². The Hall–Kier alpha value is -1.22. The maximum Gasteiger partial charge on any atom is 0.129 e. The molecule has 0 aromatic heterocycles. The van der Waals surface area contributed by atoms with Crippen molar-refractivity contribution in [3.63, 3.8) is 0 Å². The van der Waals surface area contributed by atoms with E-state index in [9.17, 15) is 0 Å².